The van der Waals surface area contributed by atoms with E-state index in [1.165, 1.54) is 0 Å². The molecule has 0 N–H and O–H groups in total. The molecule has 6 aromatic carbocycles. The Labute approximate surface area is 321 Å². The quantitative estimate of drug-likeness (QED) is 0.170. The SMILES string of the molecule is c1ccc(-n2c(-c3ccc(-c4ccc5c(c4)c4ccccc4n5-c4nc(-c5ccccn5)nc(-c5ccccn5)n4)c4ccccc34)nc3ccccc32)cc1. The van der Waals surface area contributed by atoms with Gasteiger partial charge in [-0.3, -0.25) is 19.1 Å². The smallest absolute Gasteiger partial charge is 0.238 e. The number of nitrogens with zero attached hydrogens (tertiary/aromatic N) is 8. The number of pyridine rings is 2. The van der Waals surface area contributed by atoms with Gasteiger partial charge in [0.05, 0.1) is 22.1 Å². The maximum Gasteiger partial charge on any atom is 0.238 e. The first-order chi connectivity index (χ1) is 27.8. The topological polar surface area (TPSA) is 87.2 Å². The zero-order valence-corrected chi connectivity index (χ0v) is 29.9. The summed E-state index contributed by atoms with van der Waals surface area (Å²) in [7, 11) is 0. The Morgan fingerprint density at radius 2 is 0.964 bits per heavy atom. The van der Waals surface area contributed by atoms with Gasteiger partial charge in [-0.1, -0.05) is 97.1 Å². The Kier molecular flexibility index (Phi) is 7.31. The number of hydrogen-bond acceptors (Lipinski definition) is 6. The van der Waals surface area contributed by atoms with E-state index in [2.05, 4.69) is 134 Å². The minimum absolute atomic E-state index is 0.478. The minimum atomic E-state index is 0.478. The molecule has 0 saturated carbocycles. The van der Waals surface area contributed by atoms with Crippen molar-refractivity contribution in [1.82, 2.24) is 39.0 Å². The first kappa shape index (κ1) is 31.7. The summed E-state index contributed by atoms with van der Waals surface area (Å²) in [5.41, 5.74) is 9.71. The lowest BCUT2D eigenvalue weighted by Gasteiger charge is -2.14. The van der Waals surface area contributed by atoms with Gasteiger partial charge in [-0.25, -0.2) is 9.97 Å². The summed E-state index contributed by atoms with van der Waals surface area (Å²) in [5, 5.41) is 4.48. The minimum Gasteiger partial charge on any atom is -0.292 e. The van der Waals surface area contributed by atoms with Gasteiger partial charge in [-0.05, 0) is 94.7 Å². The third-order valence-electron chi connectivity index (χ3n) is 10.3. The number of aromatic nitrogens is 8. The lowest BCUT2D eigenvalue weighted by molar-refractivity contribution is 0.943. The summed E-state index contributed by atoms with van der Waals surface area (Å²) >= 11 is 0. The average molecular weight is 719 g/mol. The number of benzene rings is 6. The van der Waals surface area contributed by atoms with Crippen molar-refractivity contribution in [1.29, 1.82) is 0 Å². The van der Waals surface area contributed by atoms with Gasteiger partial charge in [-0.15, -0.1) is 0 Å². The van der Waals surface area contributed by atoms with E-state index < -0.39 is 0 Å². The molecule has 0 unspecified atom stereocenters. The van der Waals surface area contributed by atoms with E-state index in [1.807, 2.05) is 54.6 Å². The molecule has 0 amide bonds. The molecule has 11 rings (SSSR count). The molecule has 262 valence electrons. The molecule has 5 aromatic heterocycles. The van der Waals surface area contributed by atoms with Crippen LogP contribution in [-0.2, 0) is 0 Å². The number of hydrogen-bond donors (Lipinski definition) is 0. The van der Waals surface area contributed by atoms with Crippen molar-refractivity contribution in [3.8, 4) is 57.2 Å². The van der Waals surface area contributed by atoms with Gasteiger partial charge in [0.25, 0.3) is 0 Å². The molecule has 0 bridgehead atoms. The van der Waals surface area contributed by atoms with E-state index >= 15 is 0 Å². The fraction of sp³-hybridized carbons (Fsp3) is 0. The van der Waals surface area contributed by atoms with Crippen molar-refractivity contribution < 1.29 is 0 Å². The third-order valence-corrected chi connectivity index (χ3v) is 10.3. The summed E-state index contributed by atoms with van der Waals surface area (Å²) in [6.45, 7) is 0. The van der Waals surface area contributed by atoms with Crippen LogP contribution in [0.4, 0.5) is 0 Å². The lowest BCUT2D eigenvalue weighted by atomic mass is 9.94. The summed E-state index contributed by atoms with van der Waals surface area (Å²) in [6, 6.07) is 58.4. The predicted octanol–water partition coefficient (Wildman–Crippen LogP) is 10.9. The predicted molar refractivity (Wildman–Crippen MR) is 224 cm³/mol. The highest BCUT2D eigenvalue weighted by molar-refractivity contribution is 6.12. The monoisotopic (exact) mass is 718 g/mol. The van der Waals surface area contributed by atoms with Crippen LogP contribution in [0.3, 0.4) is 0 Å². The van der Waals surface area contributed by atoms with Crippen LogP contribution in [0, 0.1) is 0 Å². The molecule has 0 saturated heterocycles. The van der Waals surface area contributed by atoms with Gasteiger partial charge >= 0.3 is 0 Å². The summed E-state index contributed by atoms with van der Waals surface area (Å²) in [5.74, 6) is 2.36. The van der Waals surface area contributed by atoms with Crippen molar-refractivity contribution in [2.45, 2.75) is 0 Å². The largest absolute Gasteiger partial charge is 0.292 e. The third kappa shape index (κ3) is 5.15. The number of imidazole rings is 1. The fourth-order valence-electron chi connectivity index (χ4n) is 7.83. The van der Waals surface area contributed by atoms with Gasteiger partial charge < -0.3 is 0 Å². The average Bonchev–Trinajstić information content (AvgIpc) is 3.83. The normalized spacial score (nSPS) is 11.6. The van der Waals surface area contributed by atoms with Crippen LogP contribution in [0.2, 0.25) is 0 Å². The Balaban J connectivity index is 1.10. The summed E-state index contributed by atoms with van der Waals surface area (Å²) in [6.07, 6.45) is 3.49. The molecule has 56 heavy (non-hydrogen) atoms. The van der Waals surface area contributed by atoms with Gasteiger partial charge in [0.2, 0.25) is 5.95 Å². The van der Waals surface area contributed by atoms with Crippen LogP contribution in [0.1, 0.15) is 0 Å². The number of rotatable bonds is 6. The molecule has 0 aliphatic carbocycles. The Hall–Kier alpha value is -7.84. The molecule has 0 aliphatic heterocycles. The van der Waals surface area contributed by atoms with E-state index in [-0.39, 0.29) is 0 Å². The number of para-hydroxylation sites is 4. The van der Waals surface area contributed by atoms with E-state index in [0.29, 0.717) is 29.0 Å². The summed E-state index contributed by atoms with van der Waals surface area (Å²) < 4.78 is 4.38. The maximum atomic E-state index is 5.21. The standard InChI is InChI=1S/C48H30N8/c1-2-14-32(15-3-1)55-44-23-9-7-19-39(44)51-47(55)37-26-25-33(34-16-4-5-17-35(34)37)31-24-27-43-38(30-31)36-18-6-8-22-42(36)56(43)48-53-45(40-20-10-12-28-49-40)52-46(54-48)41-21-11-13-29-50-41/h1-30H. The molecule has 0 atom stereocenters. The second-order valence-electron chi connectivity index (χ2n) is 13.6. The van der Waals surface area contributed by atoms with E-state index in [0.717, 1.165) is 71.8 Å². The van der Waals surface area contributed by atoms with Crippen molar-refractivity contribution in [2.24, 2.45) is 0 Å². The molecule has 0 radical (unpaired) electrons. The molecule has 11 aromatic rings. The molecular formula is C48H30N8. The van der Waals surface area contributed by atoms with Crippen LogP contribution in [0.25, 0.3) is 101 Å². The van der Waals surface area contributed by atoms with Crippen LogP contribution in [-0.4, -0.2) is 39.0 Å². The fourth-order valence-corrected chi connectivity index (χ4v) is 7.83. The van der Waals surface area contributed by atoms with Crippen LogP contribution >= 0.6 is 0 Å². The second kappa shape index (κ2) is 12.9. The zero-order valence-electron chi connectivity index (χ0n) is 29.9. The first-order valence-electron chi connectivity index (χ1n) is 18.5. The molecular weight excluding hydrogens is 689 g/mol. The first-order valence-corrected chi connectivity index (χ1v) is 18.5. The summed E-state index contributed by atoms with van der Waals surface area (Å²) in [4.78, 5) is 29.2. The Bertz CT molecular complexity index is 3190. The van der Waals surface area contributed by atoms with Crippen molar-refractivity contribution >= 4 is 43.6 Å². The highest BCUT2D eigenvalue weighted by Crippen LogP contribution is 2.40. The molecule has 0 aliphatic rings. The van der Waals surface area contributed by atoms with Crippen molar-refractivity contribution in [3.05, 3.63) is 182 Å². The van der Waals surface area contributed by atoms with Crippen LogP contribution in [0.5, 0.6) is 0 Å². The highest BCUT2D eigenvalue weighted by Gasteiger charge is 2.21. The van der Waals surface area contributed by atoms with Gasteiger partial charge in [-0.2, -0.15) is 9.97 Å². The lowest BCUT2D eigenvalue weighted by Crippen LogP contribution is -2.07. The zero-order chi connectivity index (χ0) is 37.0. The van der Waals surface area contributed by atoms with E-state index in [9.17, 15) is 0 Å². The Morgan fingerprint density at radius 1 is 0.375 bits per heavy atom. The second-order valence-corrected chi connectivity index (χ2v) is 13.6. The van der Waals surface area contributed by atoms with Gasteiger partial charge in [0.15, 0.2) is 11.6 Å². The Morgan fingerprint density at radius 3 is 1.68 bits per heavy atom. The molecule has 0 spiro atoms. The van der Waals surface area contributed by atoms with Crippen LogP contribution < -0.4 is 0 Å². The van der Waals surface area contributed by atoms with E-state index in [4.69, 9.17) is 19.9 Å². The maximum absolute atomic E-state index is 5.21. The van der Waals surface area contributed by atoms with E-state index in [1.54, 1.807) is 12.4 Å². The van der Waals surface area contributed by atoms with Gasteiger partial charge in [0, 0.05) is 34.4 Å². The molecule has 5 heterocycles. The number of fused-ring (bicyclic) bond motifs is 5. The molecule has 8 nitrogen and oxygen atoms in total. The highest BCUT2D eigenvalue weighted by atomic mass is 15.2. The van der Waals surface area contributed by atoms with Crippen molar-refractivity contribution in [3.63, 3.8) is 0 Å². The van der Waals surface area contributed by atoms with Crippen LogP contribution in [0.15, 0.2) is 182 Å². The molecule has 0 fully saturated rings. The van der Waals surface area contributed by atoms with Crippen molar-refractivity contribution in [2.75, 3.05) is 0 Å². The molecule has 8 heteroatoms. The van der Waals surface area contributed by atoms with Gasteiger partial charge in [0.1, 0.15) is 17.2 Å².